The molecule has 0 radical (unpaired) electrons. The minimum Gasteiger partial charge on any atom is -0.487 e. The molecule has 0 bridgehead atoms. The van der Waals surface area contributed by atoms with Crippen LogP contribution in [0.4, 0.5) is 0 Å². The summed E-state index contributed by atoms with van der Waals surface area (Å²) in [6.45, 7) is 5.57. The highest BCUT2D eigenvalue weighted by Crippen LogP contribution is 2.28. The van der Waals surface area contributed by atoms with Crippen molar-refractivity contribution in [3.05, 3.63) is 48.5 Å². The van der Waals surface area contributed by atoms with Crippen LogP contribution in [-0.4, -0.2) is 79.3 Å². The minimum atomic E-state index is 0.367. The van der Waals surface area contributed by atoms with Gasteiger partial charge in [-0.1, -0.05) is 24.3 Å². The first-order valence-corrected chi connectivity index (χ1v) is 10.9. The molecule has 1 aliphatic heterocycles. The van der Waals surface area contributed by atoms with E-state index in [-0.39, 0.29) is 0 Å². The van der Waals surface area contributed by atoms with Gasteiger partial charge in [0.25, 0.3) is 0 Å². The molecule has 0 aromatic heterocycles. The van der Waals surface area contributed by atoms with E-state index in [0.717, 1.165) is 0 Å². The van der Waals surface area contributed by atoms with Crippen LogP contribution in [-0.2, 0) is 18.9 Å². The van der Waals surface area contributed by atoms with Gasteiger partial charge in [0, 0.05) is 0 Å². The van der Waals surface area contributed by atoms with Crippen molar-refractivity contribution < 1.29 is 37.9 Å². The Labute approximate surface area is 189 Å². The molecule has 1 aliphatic rings. The van der Waals surface area contributed by atoms with Crippen LogP contribution in [0.5, 0.6) is 23.0 Å². The average Bonchev–Trinajstić information content (AvgIpc) is 2.82. The van der Waals surface area contributed by atoms with Gasteiger partial charge in [-0.05, 0) is 24.3 Å². The molecule has 0 atom stereocenters. The monoisotopic (exact) mass is 448 g/mol. The second-order valence-corrected chi connectivity index (χ2v) is 6.74. The molecule has 0 aliphatic carbocycles. The van der Waals surface area contributed by atoms with Crippen LogP contribution in [0.2, 0.25) is 0 Å². The first-order chi connectivity index (χ1) is 15.9. The lowest BCUT2D eigenvalue weighted by Gasteiger charge is -2.15. The van der Waals surface area contributed by atoms with Crippen molar-refractivity contribution in [2.45, 2.75) is 0 Å². The number of para-hydroxylation sites is 4. The van der Waals surface area contributed by atoms with Gasteiger partial charge in [-0.3, -0.25) is 0 Å². The third-order valence-electron chi connectivity index (χ3n) is 4.38. The maximum Gasteiger partial charge on any atom is 0.161 e. The highest BCUT2D eigenvalue weighted by molar-refractivity contribution is 5.40. The highest BCUT2D eigenvalue weighted by Gasteiger charge is 2.07. The van der Waals surface area contributed by atoms with Crippen LogP contribution in [0.1, 0.15) is 0 Å². The molecule has 0 saturated heterocycles. The van der Waals surface area contributed by atoms with E-state index in [1.165, 1.54) is 0 Å². The van der Waals surface area contributed by atoms with Crippen LogP contribution in [0.25, 0.3) is 0 Å². The van der Waals surface area contributed by atoms with Gasteiger partial charge in [0.05, 0.1) is 52.9 Å². The van der Waals surface area contributed by atoms with Crippen LogP contribution in [0, 0.1) is 0 Å². The second-order valence-electron chi connectivity index (χ2n) is 6.74. The summed E-state index contributed by atoms with van der Waals surface area (Å²) < 4.78 is 45.3. The maximum absolute atomic E-state index is 5.86. The molecule has 2 aromatic carbocycles. The van der Waals surface area contributed by atoms with Crippen LogP contribution < -0.4 is 18.9 Å². The average molecular weight is 449 g/mol. The predicted octanol–water partition coefficient (Wildman–Crippen LogP) is 2.98. The van der Waals surface area contributed by atoms with Gasteiger partial charge in [-0.15, -0.1) is 0 Å². The van der Waals surface area contributed by atoms with E-state index in [4.69, 9.17) is 37.9 Å². The summed E-state index contributed by atoms with van der Waals surface area (Å²) in [5.41, 5.74) is 0. The van der Waals surface area contributed by atoms with Crippen molar-refractivity contribution in [2.24, 2.45) is 0 Å². The largest absolute Gasteiger partial charge is 0.487 e. The zero-order valence-electron chi connectivity index (χ0n) is 18.4. The fraction of sp³-hybridized carbons (Fsp3) is 0.500. The van der Waals surface area contributed by atoms with E-state index in [1.54, 1.807) is 0 Å². The highest BCUT2D eigenvalue weighted by atomic mass is 16.6. The molecule has 0 spiro atoms. The summed E-state index contributed by atoms with van der Waals surface area (Å²) in [5, 5.41) is 0. The van der Waals surface area contributed by atoms with Gasteiger partial charge < -0.3 is 37.9 Å². The standard InChI is InChI=1S/C24H32O8/c1-3-7-23-21(5-1)29-17-15-27-13-11-25-9-10-26-12-14-28-16-18-30-22-6-2-4-8-24(22)32-20-19-31-23/h1-8H,9-20H2. The molecule has 0 unspecified atom stereocenters. The zero-order chi connectivity index (χ0) is 22.1. The van der Waals surface area contributed by atoms with Gasteiger partial charge in [0.15, 0.2) is 23.0 Å². The molecule has 2 aromatic rings. The number of benzene rings is 2. The lowest BCUT2D eigenvalue weighted by atomic mass is 10.3. The summed E-state index contributed by atoms with van der Waals surface area (Å²) in [7, 11) is 0. The molecule has 0 saturated carbocycles. The Morgan fingerprint density at radius 3 is 0.812 bits per heavy atom. The smallest absolute Gasteiger partial charge is 0.161 e. The van der Waals surface area contributed by atoms with Gasteiger partial charge in [0.2, 0.25) is 0 Å². The van der Waals surface area contributed by atoms with E-state index >= 15 is 0 Å². The van der Waals surface area contributed by atoms with E-state index in [1.807, 2.05) is 48.5 Å². The lowest BCUT2D eigenvalue weighted by Crippen LogP contribution is -2.15. The molecule has 8 nitrogen and oxygen atoms in total. The summed E-state index contributed by atoms with van der Waals surface area (Å²) in [6, 6.07) is 15.1. The van der Waals surface area contributed by atoms with E-state index in [0.29, 0.717) is 102 Å². The molecule has 8 heteroatoms. The molecule has 0 N–H and O–H groups in total. The van der Waals surface area contributed by atoms with E-state index in [9.17, 15) is 0 Å². The van der Waals surface area contributed by atoms with Crippen molar-refractivity contribution >= 4 is 0 Å². The summed E-state index contributed by atoms with van der Waals surface area (Å²) in [5.74, 6) is 2.66. The van der Waals surface area contributed by atoms with E-state index in [2.05, 4.69) is 0 Å². The van der Waals surface area contributed by atoms with Crippen LogP contribution in [0.3, 0.4) is 0 Å². The first-order valence-electron chi connectivity index (χ1n) is 10.9. The van der Waals surface area contributed by atoms with Crippen molar-refractivity contribution in [2.75, 3.05) is 79.3 Å². The third-order valence-corrected chi connectivity index (χ3v) is 4.38. The van der Waals surface area contributed by atoms with Crippen molar-refractivity contribution in [3.63, 3.8) is 0 Å². The lowest BCUT2D eigenvalue weighted by molar-refractivity contribution is -0.00719. The first kappa shape index (κ1) is 24.1. The Kier molecular flexibility index (Phi) is 11.5. The van der Waals surface area contributed by atoms with Gasteiger partial charge in [-0.25, -0.2) is 0 Å². The summed E-state index contributed by atoms with van der Waals surface area (Å²) >= 11 is 0. The minimum absolute atomic E-state index is 0.367. The van der Waals surface area contributed by atoms with Crippen molar-refractivity contribution in [3.8, 4) is 23.0 Å². The SMILES string of the molecule is c1ccc2c(c1)OCCOCCOCCOCCOCCOc1ccccc1OCCO2. The van der Waals surface area contributed by atoms with Gasteiger partial charge in [-0.2, -0.15) is 0 Å². The number of rotatable bonds is 0. The normalized spacial score (nSPS) is 18.2. The quantitative estimate of drug-likeness (QED) is 0.609. The Balaban J connectivity index is 1.51. The summed E-state index contributed by atoms with van der Waals surface area (Å²) in [4.78, 5) is 0. The summed E-state index contributed by atoms with van der Waals surface area (Å²) in [6.07, 6.45) is 0. The van der Waals surface area contributed by atoms with Crippen LogP contribution in [0.15, 0.2) is 48.5 Å². The third kappa shape index (κ3) is 9.32. The molecule has 1 heterocycles. The van der Waals surface area contributed by atoms with Gasteiger partial charge >= 0.3 is 0 Å². The topological polar surface area (TPSA) is 73.8 Å². The van der Waals surface area contributed by atoms with Gasteiger partial charge in [0.1, 0.15) is 26.4 Å². The number of ether oxygens (including phenoxy) is 8. The maximum atomic E-state index is 5.86. The Morgan fingerprint density at radius 1 is 0.312 bits per heavy atom. The molecule has 32 heavy (non-hydrogen) atoms. The number of hydrogen-bond acceptors (Lipinski definition) is 8. The molecule has 3 rings (SSSR count). The number of fused-ring (bicyclic) bond motifs is 2. The Hall–Kier alpha value is -2.52. The van der Waals surface area contributed by atoms with Crippen molar-refractivity contribution in [1.82, 2.24) is 0 Å². The Bertz CT molecular complexity index is 691. The molecular weight excluding hydrogens is 416 g/mol. The number of hydrogen-bond donors (Lipinski definition) is 0. The zero-order valence-corrected chi connectivity index (χ0v) is 18.4. The Morgan fingerprint density at radius 2 is 0.531 bits per heavy atom. The fourth-order valence-electron chi connectivity index (χ4n) is 2.86. The second kappa shape index (κ2) is 15.3. The molecule has 0 amide bonds. The molecule has 0 fully saturated rings. The fourth-order valence-corrected chi connectivity index (χ4v) is 2.86. The van der Waals surface area contributed by atoms with E-state index < -0.39 is 0 Å². The van der Waals surface area contributed by atoms with Crippen molar-refractivity contribution in [1.29, 1.82) is 0 Å². The van der Waals surface area contributed by atoms with Crippen LogP contribution >= 0.6 is 0 Å². The predicted molar refractivity (Wildman–Crippen MR) is 118 cm³/mol. The molecule has 176 valence electrons. The molecular formula is C24H32O8.